The molecule has 0 bridgehead atoms. The topological polar surface area (TPSA) is 78.9 Å². The van der Waals surface area contributed by atoms with Gasteiger partial charge in [-0.15, -0.1) is 0 Å². The molecule has 1 fully saturated rings. The van der Waals surface area contributed by atoms with Gasteiger partial charge >= 0.3 is 12.0 Å². The molecule has 114 valence electrons. The number of hydrogen-bond acceptors (Lipinski definition) is 3. The maximum absolute atomic E-state index is 12.4. The minimum absolute atomic E-state index is 0.134. The Morgan fingerprint density at radius 1 is 1.38 bits per heavy atom. The second kappa shape index (κ2) is 7.24. The molecule has 1 atom stereocenters. The van der Waals surface area contributed by atoms with E-state index < -0.39 is 12.0 Å². The number of carboxylic acids is 1. The first-order chi connectivity index (χ1) is 9.99. The Labute approximate surface area is 138 Å². The third kappa shape index (κ3) is 4.18. The molecule has 6 nitrogen and oxygen atoms in total. The van der Waals surface area contributed by atoms with Gasteiger partial charge in [-0.1, -0.05) is 6.07 Å². The van der Waals surface area contributed by atoms with Crippen molar-refractivity contribution >= 4 is 49.5 Å². The highest BCUT2D eigenvalue weighted by molar-refractivity contribution is 9.11. The van der Waals surface area contributed by atoms with E-state index in [4.69, 9.17) is 9.84 Å². The fraction of sp³-hybridized carbons (Fsp3) is 0.385. The number of ether oxygens (including phenoxy) is 1. The van der Waals surface area contributed by atoms with Crippen LogP contribution in [0.4, 0.5) is 10.5 Å². The van der Waals surface area contributed by atoms with E-state index >= 15 is 0 Å². The minimum Gasteiger partial charge on any atom is -0.481 e. The van der Waals surface area contributed by atoms with Crippen molar-refractivity contribution in [2.75, 3.05) is 25.1 Å². The molecule has 0 saturated carbocycles. The minimum atomic E-state index is -0.953. The number of anilines is 1. The second-order valence-corrected chi connectivity index (χ2v) is 6.26. The van der Waals surface area contributed by atoms with Crippen molar-refractivity contribution < 1.29 is 19.4 Å². The molecule has 1 aliphatic heterocycles. The number of nitrogens with zero attached hydrogens (tertiary/aromatic N) is 1. The van der Waals surface area contributed by atoms with Crippen LogP contribution in [0.25, 0.3) is 0 Å². The molecule has 0 spiro atoms. The highest BCUT2D eigenvalue weighted by Crippen LogP contribution is 2.31. The smallest absolute Gasteiger partial charge is 0.322 e. The Kier molecular flexibility index (Phi) is 5.60. The van der Waals surface area contributed by atoms with Gasteiger partial charge in [0.25, 0.3) is 0 Å². The van der Waals surface area contributed by atoms with Crippen molar-refractivity contribution in [3.8, 4) is 0 Å². The van der Waals surface area contributed by atoms with Crippen LogP contribution in [-0.4, -0.2) is 47.8 Å². The molecule has 0 radical (unpaired) electrons. The zero-order chi connectivity index (χ0) is 15.4. The van der Waals surface area contributed by atoms with Crippen LogP contribution in [0.15, 0.2) is 27.1 Å². The first-order valence-corrected chi connectivity index (χ1v) is 7.89. The van der Waals surface area contributed by atoms with E-state index in [-0.39, 0.29) is 19.1 Å². The lowest BCUT2D eigenvalue weighted by molar-refractivity contribution is -0.139. The number of morpholine rings is 1. The predicted molar refractivity (Wildman–Crippen MR) is 84.4 cm³/mol. The number of rotatable bonds is 3. The summed E-state index contributed by atoms with van der Waals surface area (Å²) in [5.41, 5.74) is 0.614. The largest absolute Gasteiger partial charge is 0.481 e. The predicted octanol–water partition coefficient (Wildman–Crippen LogP) is 2.92. The van der Waals surface area contributed by atoms with E-state index in [0.717, 1.165) is 8.95 Å². The first kappa shape index (κ1) is 16.3. The molecule has 2 rings (SSSR count). The molecule has 2 amide bonds. The molecule has 1 saturated heterocycles. The molecule has 1 heterocycles. The number of amides is 2. The van der Waals surface area contributed by atoms with Crippen LogP contribution in [0.5, 0.6) is 0 Å². The summed E-state index contributed by atoms with van der Waals surface area (Å²) in [4.78, 5) is 24.8. The van der Waals surface area contributed by atoms with Crippen molar-refractivity contribution in [3.05, 3.63) is 27.1 Å². The van der Waals surface area contributed by atoms with E-state index in [2.05, 4.69) is 37.2 Å². The molecule has 1 unspecified atom stereocenters. The van der Waals surface area contributed by atoms with Crippen LogP contribution in [0, 0.1) is 0 Å². The number of urea groups is 1. The van der Waals surface area contributed by atoms with Gasteiger partial charge in [-0.3, -0.25) is 4.79 Å². The maximum atomic E-state index is 12.4. The van der Waals surface area contributed by atoms with Crippen LogP contribution in [0.3, 0.4) is 0 Å². The molecule has 1 aromatic rings. The third-order valence-corrected chi connectivity index (χ3v) is 4.42. The molecule has 0 aromatic heterocycles. The number of aliphatic carboxylic acids is 1. The quantitative estimate of drug-likeness (QED) is 0.786. The van der Waals surface area contributed by atoms with Gasteiger partial charge in [-0.25, -0.2) is 4.79 Å². The maximum Gasteiger partial charge on any atom is 0.322 e. The number of nitrogens with one attached hydrogen (secondary N) is 1. The normalized spacial score (nSPS) is 18.4. The van der Waals surface area contributed by atoms with E-state index in [1.54, 1.807) is 0 Å². The zero-order valence-corrected chi connectivity index (χ0v) is 14.2. The molecule has 8 heteroatoms. The molecule has 0 aliphatic carbocycles. The Bertz CT molecular complexity index is 533. The Morgan fingerprint density at radius 2 is 2.05 bits per heavy atom. The average Bonchev–Trinajstić information content (AvgIpc) is 2.43. The highest BCUT2D eigenvalue weighted by Gasteiger charge is 2.29. The van der Waals surface area contributed by atoms with Crippen LogP contribution < -0.4 is 5.32 Å². The lowest BCUT2D eigenvalue weighted by atomic mass is 10.1. The number of carbonyl (C=O) groups is 2. The van der Waals surface area contributed by atoms with E-state index in [1.807, 2.05) is 18.2 Å². The summed E-state index contributed by atoms with van der Waals surface area (Å²) in [6.45, 7) is 1.00. The molecule has 1 aromatic carbocycles. The summed E-state index contributed by atoms with van der Waals surface area (Å²) in [6.07, 6.45) is -0.134. The molecular weight excluding hydrogens is 408 g/mol. The number of para-hydroxylation sites is 1. The van der Waals surface area contributed by atoms with Gasteiger partial charge in [0.1, 0.15) is 0 Å². The van der Waals surface area contributed by atoms with Crippen molar-refractivity contribution in [3.63, 3.8) is 0 Å². The standard InChI is InChI=1S/C13H14Br2N2O4/c14-9-2-1-3-10(15)12(9)16-13(20)17-4-5-21-7-8(17)6-11(18)19/h1-3,8H,4-7H2,(H,16,20)(H,18,19). The number of carboxylic acid groups (broad SMARTS) is 1. The fourth-order valence-corrected chi connectivity index (χ4v) is 3.29. The summed E-state index contributed by atoms with van der Waals surface area (Å²) in [5, 5.41) is 11.7. The highest BCUT2D eigenvalue weighted by atomic mass is 79.9. The van der Waals surface area contributed by atoms with E-state index in [9.17, 15) is 9.59 Å². The van der Waals surface area contributed by atoms with Gasteiger partial charge in [0.05, 0.1) is 31.4 Å². The van der Waals surface area contributed by atoms with Crippen molar-refractivity contribution in [1.82, 2.24) is 4.90 Å². The van der Waals surface area contributed by atoms with Gasteiger partial charge in [-0.2, -0.15) is 0 Å². The van der Waals surface area contributed by atoms with Crippen LogP contribution in [0.1, 0.15) is 6.42 Å². The molecule has 21 heavy (non-hydrogen) atoms. The second-order valence-electron chi connectivity index (χ2n) is 4.55. The third-order valence-electron chi connectivity index (χ3n) is 3.09. The van der Waals surface area contributed by atoms with E-state index in [1.165, 1.54) is 4.90 Å². The number of hydrogen-bond donors (Lipinski definition) is 2. The molecule has 2 N–H and O–H groups in total. The van der Waals surface area contributed by atoms with Crippen molar-refractivity contribution in [2.24, 2.45) is 0 Å². The summed E-state index contributed by atoms with van der Waals surface area (Å²) >= 11 is 6.75. The summed E-state index contributed by atoms with van der Waals surface area (Å²) in [5.74, 6) is -0.953. The van der Waals surface area contributed by atoms with Crippen molar-refractivity contribution in [2.45, 2.75) is 12.5 Å². The summed E-state index contributed by atoms with van der Waals surface area (Å²) < 4.78 is 6.75. The van der Waals surface area contributed by atoms with Crippen LogP contribution in [-0.2, 0) is 9.53 Å². The number of benzene rings is 1. The lowest BCUT2D eigenvalue weighted by Gasteiger charge is -2.34. The van der Waals surface area contributed by atoms with Gasteiger partial charge in [0.2, 0.25) is 0 Å². The SMILES string of the molecule is O=C(O)CC1COCCN1C(=O)Nc1c(Br)cccc1Br. The summed E-state index contributed by atoms with van der Waals surface area (Å²) in [7, 11) is 0. The Hall–Kier alpha value is -1.12. The monoisotopic (exact) mass is 420 g/mol. The van der Waals surface area contributed by atoms with Crippen molar-refractivity contribution in [1.29, 1.82) is 0 Å². The Morgan fingerprint density at radius 3 is 2.67 bits per heavy atom. The zero-order valence-electron chi connectivity index (χ0n) is 11.0. The fourth-order valence-electron chi connectivity index (χ4n) is 2.09. The molecular formula is C13H14Br2N2O4. The lowest BCUT2D eigenvalue weighted by Crippen LogP contribution is -2.51. The number of halogens is 2. The molecule has 1 aliphatic rings. The van der Waals surface area contributed by atoms with Gasteiger partial charge in [0, 0.05) is 15.5 Å². The average molecular weight is 422 g/mol. The first-order valence-electron chi connectivity index (χ1n) is 6.30. The van der Waals surface area contributed by atoms with Crippen LogP contribution >= 0.6 is 31.9 Å². The van der Waals surface area contributed by atoms with Gasteiger partial charge in [0.15, 0.2) is 0 Å². The summed E-state index contributed by atoms with van der Waals surface area (Å²) in [6, 6.07) is 4.67. The van der Waals surface area contributed by atoms with Crippen LogP contribution in [0.2, 0.25) is 0 Å². The Balaban J connectivity index is 2.12. The van der Waals surface area contributed by atoms with Gasteiger partial charge in [-0.05, 0) is 44.0 Å². The van der Waals surface area contributed by atoms with Gasteiger partial charge < -0.3 is 20.1 Å². The number of carbonyl (C=O) groups excluding carboxylic acids is 1. The van der Waals surface area contributed by atoms with E-state index in [0.29, 0.717) is 18.8 Å².